The molecule has 0 fully saturated rings. The number of carbonyl (C=O) groups excluding carboxylic acids is 1. The second-order valence-electron chi connectivity index (χ2n) is 4.08. The molecule has 1 amide bonds. The van der Waals surface area contributed by atoms with Crippen molar-refractivity contribution >= 4 is 5.91 Å². The molecule has 2 heterocycles. The summed E-state index contributed by atoms with van der Waals surface area (Å²) in [5.41, 5.74) is 7.73. The molecule has 2 aromatic rings. The van der Waals surface area contributed by atoms with Gasteiger partial charge >= 0.3 is 0 Å². The van der Waals surface area contributed by atoms with Crippen LogP contribution < -0.4 is 11.1 Å². The van der Waals surface area contributed by atoms with Crippen molar-refractivity contribution in [1.29, 1.82) is 0 Å². The summed E-state index contributed by atoms with van der Waals surface area (Å²) in [5.74, 6) is -0.181. The van der Waals surface area contributed by atoms with Crippen LogP contribution in [-0.4, -0.2) is 22.4 Å². The normalized spacial score (nSPS) is 10.2. The Morgan fingerprint density at radius 3 is 2.74 bits per heavy atom. The van der Waals surface area contributed by atoms with Crippen LogP contribution in [0.1, 0.15) is 21.7 Å². The number of rotatable bonds is 5. The zero-order chi connectivity index (χ0) is 13.5. The number of aromatic nitrogens is 2. The lowest BCUT2D eigenvalue weighted by molar-refractivity contribution is 0.0949. The Bertz CT molecular complexity index is 525. The third-order valence-corrected chi connectivity index (χ3v) is 2.69. The third-order valence-electron chi connectivity index (χ3n) is 2.69. The van der Waals surface area contributed by atoms with Gasteiger partial charge < -0.3 is 11.1 Å². The second kappa shape index (κ2) is 6.61. The van der Waals surface area contributed by atoms with E-state index in [1.165, 1.54) is 0 Å². The fourth-order valence-electron chi connectivity index (χ4n) is 1.62. The Balaban J connectivity index is 1.84. The minimum absolute atomic E-state index is 0.181. The lowest BCUT2D eigenvalue weighted by atomic mass is 10.2. The van der Waals surface area contributed by atoms with Crippen LogP contribution in [0.25, 0.3) is 0 Å². The average molecular weight is 256 g/mol. The highest BCUT2D eigenvalue weighted by Gasteiger charge is 2.06. The summed E-state index contributed by atoms with van der Waals surface area (Å²) in [4.78, 5) is 20.1. The van der Waals surface area contributed by atoms with Crippen molar-refractivity contribution in [2.45, 2.75) is 13.0 Å². The molecule has 0 unspecified atom stereocenters. The van der Waals surface area contributed by atoms with Gasteiger partial charge in [-0.15, -0.1) is 0 Å². The molecule has 5 nitrogen and oxygen atoms in total. The summed E-state index contributed by atoms with van der Waals surface area (Å²) in [5, 5.41) is 2.81. The van der Waals surface area contributed by atoms with E-state index in [1.807, 2.05) is 18.2 Å². The van der Waals surface area contributed by atoms with E-state index in [0.717, 1.165) is 11.3 Å². The molecule has 0 spiro atoms. The van der Waals surface area contributed by atoms with E-state index in [-0.39, 0.29) is 5.91 Å². The largest absolute Gasteiger partial charge is 0.350 e. The maximum absolute atomic E-state index is 11.8. The van der Waals surface area contributed by atoms with Crippen LogP contribution >= 0.6 is 0 Å². The van der Waals surface area contributed by atoms with Gasteiger partial charge in [0.25, 0.3) is 5.91 Å². The lowest BCUT2D eigenvalue weighted by Gasteiger charge is -2.05. The molecule has 19 heavy (non-hydrogen) atoms. The number of hydrogen-bond acceptors (Lipinski definition) is 4. The van der Waals surface area contributed by atoms with Gasteiger partial charge in [0.15, 0.2) is 0 Å². The van der Waals surface area contributed by atoms with Crippen molar-refractivity contribution in [3.05, 3.63) is 59.7 Å². The number of nitrogens with zero attached hydrogens (tertiary/aromatic N) is 2. The molecule has 0 aliphatic heterocycles. The molecule has 98 valence electrons. The molecular formula is C14H16N4O. The zero-order valence-corrected chi connectivity index (χ0v) is 10.5. The quantitative estimate of drug-likeness (QED) is 0.833. The molecule has 2 aromatic heterocycles. The predicted molar refractivity (Wildman–Crippen MR) is 72.4 cm³/mol. The summed E-state index contributed by atoms with van der Waals surface area (Å²) >= 11 is 0. The first kappa shape index (κ1) is 13.2. The van der Waals surface area contributed by atoms with Crippen molar-refractivity contribution in [3.8, 4) is 0 Å². The van der Waals surface area contributed by atoms with E-state index in [4.69, 9.17) is 5.73 Å². The van der Waals surface area contributed by atoms with Crippen molar-refractivity contribution in [2.24, 2.45) is 5.73 Å². The number of pyridine rings is 2. The van der Waals surface area contributed by atoms with E-state index >= 15 is 0 Å². The Labute approximate surface area is 111 Å². The highest BCUT2D eigenvalue weighted by atomic mass is 16.1. The van der Waals surface area contributed by atoms with Crippen LogP contribution in [0.3, 0.4) is 0 Å². The van der Waals surface area contributed by atoms with Crippen LogP contribution in [0.4, 0.5) is 0 Å². The van der Waals surface area contributed by atoms with Gasteiger partial charge in [-0.25, -0.2) is 0 Å². The highest BCUT2D eigenvalue weighted by molar-refractivity contribution is 5.92. The summed E-state index contributed by atoms with van der Waals surface area (Å²) < 4.78 is 0. The summed E-state index contributed by atoms with van der Waals surface area (Å²) in [6.07, 6.45) is 4.06. The van der Waals surface area contributed by atoms with Crippen LogP contribution in [0.15, 0.2) is 42.7 Å². The van der Waals surface area contributed by atoms with E-state index in [1.54, 1.807) is 24.5 Å². The molecule has 5 heteroatoms. The van der Waals surface area contributed by atoms with Crippen LogP contribution in [0, 0.1) is 0 Å². The Morgan fingerprint density at radius 2 is 2.11 bits per heavy atom. The fourth-order valence-corrected chi connectivity index (χ4v) is 1.62. The molecule has 0 bridgehead atoms. The first-order chi connectivity index (χ1) is 9.29. The molecule has 0 aromatic carbocycles. The fraction of sp³-hybridized carbons (Fsp3) is 0.214. The van der Waals surface area contributed by atoms with Gasteiger partial charge in [0, 0.05) is 37.6 Å². The number of nitrogens with one attached hydrogen (secondary N) is 1. The van der Waals surface area contributed by atoms with Gasteiger partial charge in [-0.2, -0.15) is 0 Å². The van der Waals surface area contributed by atoms with Gasteiger partial charge in [0.05, 0.1) is 0 Å². The third kappa shape index (κ3) is 3.86. The topological polar surface area (TPSA) is 80.9 Å². The number of nitrogens with two attached hydrogens (primary N) is 1. The van der Waals surface area contributed by atoms with E-state index in [0.29, 0.717) is 25.2 Å². The lowest BCUT2D eigenvalue weighted by Crippen LogP contribution is -2.26. The predicted octanol–water partition coefficient (Wildman–Crippen LogP) is 0.908. The van der Waals surface area contributed by atoms with E-state index < -0.39 is 0 Å². The molecule has 0 saturated carbocycles. The standard InChI is InChI=1S/C14H16N4O/c15-9-11-4-5-13(18-10-11)14(19)17-8-6-12-3-1-2-7-16-12/h1-5,7,10H,6,8-9,15H2,(H,17,19). The van der Waals surface area contributed by atoms with Crippen molar-refractivity contribution < 1.29 is 4.79 Å². The number of hydrogen-bond donors (Lipinski definition) is 2. The molecule has 0 atom stereocenters. The molecular weight excluding hydrogens is 240 g/mol. The Kier molecular flexibility index (Phi) is 4.58. The second-order valence-corrected chi connectivity index (χ2v) is 4.08. The smallest absolute Gasteiger partial charge is 0.269 e. The van der Waals surface area contributed by atoms with Crippen LogP contribution in [0.2, 0.25) is 0 Å². The first-order valence-electron chi connectivity index (χ1n) is 6.12. The zero-order valence-electron chi connectivity index (χ0n) is 10.5. The number of carbonyl (C=O) groups is 1. The SMILES string of the molecule is NCc1ccc(C(=O)NCCc2ccccn2)nc1. The monoisotopic (exact) mass is 256 g/mol. The minimum Gasteiger partial charge on any atom is -0.350 e. The molecule has 0 saturated heterocycles. The maximum atomic E-state index is 11.8. The van der Waals surface area contributed by atoms with Gasteiger partial charge in [-0.3, -0.25) is 14.8 Å². The van der Waals surface area contributed by atoms with Gasteiger partial charge in [-0.05, 0) is 23.8 Å². The number of amides is 1. The summed E-state index contributed by atoms with van der Waals surface area (Å²) in [6.45, 7) is 0.963. The van der Waals surface area contributed by atoms with Crippen molar-refractivity contribution in [3.63, 3.8) is 0 Å². The molecule has 0 radical (unpaired) electrons. The summed E-state index contributed by atoms with van der Waals surface area (Å²) in [7, 11) is 0. The van der Waals surface area contributed by atoms with Crippen LogP contribution in [-0.2, 0) is 13.0 Å². The average Bonchev–Trinajstić information content (AvgIpc) is 2.48. The maximum Gasteiger partial charge on any atom is 0.269 e. The summed E-state index contributed by atoms with van der Waals surface area (Å²) in [6, 6.07) is 9.21. The Morgan fingerprint density at radius 1 is 1.21 bits per heavy atom. The van der Waals surface area contributed by atoms with Crippen molar-refractivity contribution in [2.75, 3.05) is 6.54 Å². The van der Waals surface area contributed by atoms with Gasteiger partial charge in [-0.1, -0.05) is 12.1 Å². The highest BCUT2D eigenvalue weighted by Crippen LogP contribution is 1.99. The first-order valence-corrected chi connectivity index (χ1v) is 6.12. The molecule has 0 aliphatic carbocycles. The van der Waals surface area contributed by atoms with Gasteiger partial charge in [0.1, 0.15) is 5.69 Å². The van der Waals surface area contributed by atoms with E-state index in [9.17, 15) is 4.79 Å². The molecule has 3 N–H and O–H groups in total. The Hall–Kier alpha value is -2.27. The van der Waals surface area contributed by atoms with Crippen molar-refractivity contribution in [1.82, 2.24) is 15.3 Å². The molecule has 2 rings (SSSR count). The minimum atomic E-state index is -0.181. The van der Waals surface area contributed by atoms with Gasteiger partial charge in [0.2, 0.25) is 0 Å². The molecule has 0 aliphatic rings. The van der Waals surface area contributed by atoms with Crippen LogP contribution in [0.5, 0.6) is 0 Å². The van der Waals surface area contributed by atoms with E-state index in [2.05, 4.69) is 15.3 Å².